The summed E-state index contributed by atoms with van der Waals surface area (Å²) in [4.78, 5) is 24.7. The molecule has 30 heavy (non-hydrogen) atoms. The Bertz CT molecular complexity index is 1220. The highest BCUT2D eigenvalue weighted by Crippen LogP contribution is 2.23. The molecule has 0 aromatic heterocycles. The largest absolute Gasteiger partial charge is 0.423 e. The highest BCUT2D eigenvalue weighted by molar-refractivity contribution is 5.93. The number of esters is 2. The van der Waals surface area contributed by atoms with Gasteiger partial charge in [-0.3, -0.25) is 0 Å². The van der Waals surface area contributed by atoms with E-state index in [0.717, 1.165) is 16.3 Å². The van der Waals surface area contributed by atoms with E-state index in [4.69, 9.17) is 9.47 Å². The molecule has 0 unspecified atom stereocenters. The number of ether oxygens (including phenoxy) is 2. The number of carbonyl (C=O) groups is 2. The number of aryl methyl sites for hydroxylation is 2. The van der Waals surface area contributed by atoms with Crippen molar-refractivity contribution in [2.24, 2.45) is 0 Å². The Morgan fingerprint density at radius 2 is 1.00 bits per heavy atom. The van der Waals surface area contributed by atoms with Gasteiger partial charge in [0.15, 0.2) is 0 Å². The summed E-state index contributed by atoms with van der Waals surface area (Å²) in [5, 5.41) is 2.10. The van der Waals surface area contributed by atoms with E-state index in [1.54, 1.807) is 42.5 Å². The van der Waals surface area contributed by atoms with Crippen LogP contribution in [0.5, 0.6) is 11.5 Å². The molecule has 0 amide bonds. The molecular formula is C26H20O4. The lowest BCUT2D eigenvalue weighted by molar-refractivity contribution is 0.0730. The summed E-state index contributed by atoms with van der Waals surface area (Å²) in [6.07, 6.45) is 0. The van der Waals surface area contributed by atoms with Crippen LogP contribution < -0.4 is 9.47 Å². The summed E-state index contributed by atoms with van der Waals surface area (Å²) < 4.78 is 10.9. The molecule has 148 valence electrons. The second-order valence-corrected chi connectivity index (χ2v) is 7.18. The van der Waals surface area contributed by atoms with Crippen LogP contribution in [0.1, 0.15) is 31.8 Å². The van der Waals surface area contributed by atoms with Gasteiger partial charge in [0, 0.05) is 0 Å². The molecule has 0 N–H and O–H groups in total. The molecule has 0 heterocycles. The van der Waals surface area contributed by atoms with Crippen LogP contribution in [-0.2, 0) is 0 Å². The summed E-state index contributed by atoms with van der Waals surface area (Å²) in [6.45, 7) is 3.99. The summed E-state index contributed by atoms with van der Waals surface area (Å²) in [6, 6.07) is 25.1. The maximum absolute atomic E-state index is 12.5. The molecule has 0 atom stereocenters. The van der Waals surface area contributed by atoms with Gasteiger partial charge in [-0.25, -0.2) is 9.59 Å². The van der Waals surface area contributed by atoms with Crippen LogP contribution in [-0.4, -0.2) is 11.9 Å². The average molecular weight is 396 g/mol. The molecule has 0 saturated heterocycles. The second kappa shape index (κ2) is 8.21. The lowest BCUT2D eigenvalue weighted by atomic mass is 10.1. The van der Waals surface area contributed by atoms with Crippen LogP contribution in [0.4, 0.5) is 0 Å². The first kappa shape index (κ1) is 19.4. The maximum Gasteiger partial charge on any atom is 0.343 e. The number of hydrogen-bond donors (Lipinski definition) is 0. The fraction of sp³-hybridized carbons (Fsp3) is 0.0769. The Morgan fingerprint density at radius 1 is 0.533 bits per heavy atom. The van der Waals surface area contributed by atoms with Gasteiger partial charge in [-0.15, -0.1) is 0 Å². The number of carbonyl (C=O) groups excluding carboxylic acids is 2. The molecule has 0 aliphatic rings. The van der Waals surface area contributed by atoms with Crippen LogP contribution in [0.2, 0.25) is 0 Å². The van der Waals surface area contributed by atoms with Crippen molar-refractivity contribution in [3.05, 3.63) is 107 Å². The molecule has 4 aromatic carbocycles. The Balaban J connectivity index is 1.43. The molecular weight excluding hydrogens is 376 g/mol. The van der Waals surface area contributed by atoms with E-state index in [-0.39, 0.29) is 0 Å². The molecule has 4 aromatic rings. The van der Waals surface area contributed by atoms with E-state index in [2.05, 4.69) is 6.07 Å². The zero-order valence-corrected chi connectivity index (χ0v) is 16.7. The van der Waals surface area contributed by atoms with Gasteiger partial charge < -0.3 is 9.47 Å². The lowest BCUT2D eigenvalue weighted by Crippen LogP contribution is -2.10. The standard InChI is InChI=1S/C26H20O4/c1-17-3-6-19(7-4-17)25(27)29-23-12-9-20(10-13-23)26(28)30-24-14-11-21-15-18(2)5-8-22(21)16-24/h3-16H,1-2H3. The Kier molecular flexibility index (Phi) is 5.31. The van der Waals surface area contributed by atoms with Crippen molar-refractivity contribution in [3.63, 3.8) is 0 Å². The SMILES string of the molecule is Cc1ccc(C(=O)Oc2ccc(C(=O)Oc3ccc4cc(C)ccc4c3)cc2)cc1. The van der Waals surface area contributed by atoms with Crippen molar-refractivity contribution in [1.29, 1.82) is 0 Å². The second-order valence-electron chi connectivity index (χ2n) is 7.18. The van der Waals surface area contributed by atoms with Crippen molar-refractivity contribution in [1.82, 2.24) is 0 Å². The molecule has 0 bridgehead atoms. The number of benzene rings is 4. The third-order valence-electron chi connectivity index (χ3n) is 4.77. The van der Waals surface area contributed by atoms with Crippen LogP contribution in [0.15, 0.2) is 84.9 Å². The molecule has 0 radical (unpaired) electrons. The van der Waals surface area contributed by atoms with Crippen molar-refractivity contribution in [3.8, 4) is 11.5 Å². The van der Waals surface area contributed by atoms with E-state index in [9.17, 15) is 9.59 Å². The van der Waals surface area contributed by atoms with E-state index in [0.29, 0.717) is 22.6 Å². The van der Waals surface area contributed by atoms with Gasteiger partial charge in [0.1, 0.15) is 11.5 Å². The van der Waals surface area contributed by atoms with Crippen molar-refractivity contribution in [2.45, 2.75) is 13.8 Å². The van der Waals surface area contributed by atoms with Crippen molar-refractivity contribution in [2.75, 3.05) is 0 Å². The Morgan fingerprint density at radius 3 is 1.67 bits per heavy atom. The third kappa shape index (κ3) is 4.39. The van der Waals surface area contributed by atoms with Crippen LogP contribution >= 0.6 is 0 Å². The highest BCUT2D eigenvalue weighted by Gasteiger charge is 2.12. The summed E-state index contributed by atoms with van der Waals surface area (Å²) in [7, 11) is 0. The van der Waals surface area contributed by atoms with Gasteiger partial charge in [0.2, 0.25) is 0 Å². The Labute approximate surface area is 174 Å². The summed E-state index contributed by atoms with van der Waals surface area (Å²) in [5.74, 6) is -0.0842. The Hall–Kier alpha value is -3.92. The van der Waals surface area contributed by atoms with Gasteiger partial charge in [-0.1, -0.05) is 47.5 Å². The summed E-state index contributed by atoms with van der Waals surface area (Å²) in [5.41, 5.74) is 3.08. The minimum absolute atomic E-state index is 0.359. The monoisotopic (exact) mass is 396 g/mol. The summed E-state index contributed by atoms with van der Waals surface area (Å²) >= 11 is 0. The van der Waals surface area contributed by atoms with Gasteiger partial charge in [-0.2, -0.15) is 0 Å². The van der Waals surface area contributed by atoms with Gasteiger partial charge in [0.25, 0.3) is 0 Å². The molecule has 0 spiro atoms. The molecule has 4 rings (SSSR count). The predicted octanol–water partition coefficient (Wildman–Crippen LogP) is 5.90. The quantitative estimate of drug-likeness (QED) is 0.319. The average Bonchev–Trinajstić information content (AvgIpc) is 2.75. The number of rotatable bonds is 4. The molecule has 0 aliphatic carbocycles. The van der Waals surface area contributed by atoms with E-state index < -0.39 is 11.9 Å². The number of hydrogen-bond acceptors (Lipinski definition) is 4. The van der Waals surface area contributed by atoms with E-state index in [1.165, 1.54) is 5.56 Å². The van der Waals surface area contributed by atoms with Crippen LogP contribution in [0, 0.1) is 13.8 Å². The zero-order valence-electron chi connectivity index (χ0n) is 16.7. The van der Waals surface area contributed by atoms with Crippen LogP contribution in [0.3, 0.4) is 0 Å². The van der Waals surface area contributed by atoms with Gasteiger partial charge in [-0.05, 0) is 73.2 Å². The van der Waals surface area contributed by atoms with Crippen molar-refractivity contribution < 1.29 is 19.1 Å². The molecule has 4 nitrogen and oxygen atoms in total. The fourth-order valence-corrected chi connectivity index (χ4v) is 3.09. The molecule has 0 saturated carbocycles. The normalized spacial score (nSPS) is 10.6. The molecule has 0 fully saturated rings. The van der Waals surface area contributed by atoms with Crippen molar-refractivity contribution >= 4 is 22.7 Å². The maximum atomic E-state index is 12.5. The predicted molar refractivity (Wildman–Crippen MR) is 116 cm³/mol. The smallest absolute Gasteiger partial charge is 0.343 e. The first-order chi connectivity index (χ1) is 14.5. The fourth-order valence-electron chi connectivity index (χ4n) is 3.09. The third-order valence-corrected chi connectivity index (χ3v) is 4.77. The zero-order chi connectivity index (χ0) is 21.1. The lowest BCUT2D eigenvalue weighted by Gasteiger charge is -2.08. The van der Waals surface area contributed by atoms with Gasteiger partial charge in [0.05, 0.1) is 11.1 Å². The molecule has 0 aliphatic heterocycles. The van der Waals surface area contributed by atoms with E-state index >= 15 is 0 Å². The minimum atomic E-state index is -0.474. The first-order valence-corrected chi connectivity index (χ1v) is 9.59. The number of fused-ring (bicyclic) bond motifs is 1. The minimum Gasteiger partial charge on any atom is -0.423 e. The molecule has 4 heteroatoms. The highest BCUT2D eigenvalue weighted by atomic mass is 16.5. The first-order valence-electron chi connectivity index (χ1n) is 9.59. The topological polar surface area (TPSA) is 52.6 Å². The van der Waals surface area contributed by atoms with Gasteiger partial charge >= 0.3 is 11.9 Å². The van der Waals surface area contributed by atoms with Crippen LogP contribution in [0.25, 0.3) is 10.8 Å². The van der Waals surface area contributed by atoms with E-state index in [1.807, 2.05) is 50.2 Å².